The van der Waals surface area contributed by atoms with Crippen LogP contribution >= 0.6 is 0 Å². The van der Waals surface area contributed by atoms with Gasteiger partial charge in [0.1, 0.15) is 16.7 Å². The Kier molecular flexibility index (Phi) is 8.40. The normalized spacial score (nSPS) is 15.7. The topological polar surface area (TPSA) is 109 Å². The van der Waals surface area contributed by atoms with Crippen molar-refractivity contribution in [1.82, 2.24) is 9.29 Å². The van der Waals surface area contributed by atoms with Crippen molar-refractivity contribution in [2.75, 3.05) is 20.8 Å². The van der Waals surface area contributed by atoms with Gasteiger partial charge in [-0.3, -0.25) is 0 Å². The quantitative estimate of drug-likeness (QED) is 0.417. The van der Waals surface area contributed by atoms with E-state index in [4.69, 9.17) is 9.47 Å². The summed E-state index contributed by atoms with van der Waals surface area (Å²) in [6.45, 7) is 5.87. The highest BCUT2D eigenvalue weighted by atomic mass is 32.2. The molecule has 3 aromatic rings. The van der Waals surface area contributed by atoms with E-state index in [1.54, 1.807) is 32.4 Å². The number of fused-ring (bicyclic) bond motifs is 1. The number of pyridine rings is 1. The number of hydrogen-bond donors (Lipinski definition) is 2. The molecular weight excluding hydrogens is 516 g/mol. The molecule has 1 aliphatic heterocycles. The zero-order chi connectivity index (χ0) is 28.3. The maximum atomic E-state index is 13.4. The molecule has 9 heteroatoms. The van der Waals surface area contributed by atoms with Gasteiger partial charge in [-0.15, -0.1) is 0 Å². The number of aliphatic hydroxyl groups is 1. The fourth-order valence-corrected chi connectivity index (χ4v) is 6.00. The third-order valence-electron chi connectivity index (χ3n) is 6.38. The fraction of sp³-hybridized carbons (Fsp3) is 0.333. The van der Waals surface area contributed by atoms with Crippen LogP contribution in [0.2, 0.25) is 0 Å². The first-order valence-electron chi connectivity index (χ1n) is 12.5. The van der Waals surface area contributed by atoms with Gasteiger partial charge in [0, 0.05) is 35.4 Å². The summed E-state index contributed by atoms with van der Waals surface area (Å²) >= 11 is 0. The highest BCUT2D eigenvalue weighted by Crippen LogP contribution is 2.44. The highest BCUT2D eigenvalue weighted by Gasteiger charge is 2.40. The number of methoxy groups -OCH3 is 2. The predicted molar refractivity (Wildman–Crippen MR) is 150 cm³/mol. The molecule has 0 spiro atoms. The number of hydrogen-bond acceptors (Lipinski definition) is 6. The Balaban J connectivity index is 1.80. The third kappa shape index (κ3) is 5.98. The number of carboxylic acid groups (broad SMARTS) is 1. The van der Waals surface area contributed by atoms with Gasteiger partial charge in [0.25, 0.3) is 0 Å². The van der Waals surface area contributed by atoms with Crippen LogP contribution in [0.15, 0.2) is 48.5 Å². The second-order valence-electron chi connectivity index (χ2n) is 10.1. The first-order chi connectivity index (χ1) is 18.6. The van der Waals surface area contributed by atoms with Crippen molar-refractivity contribution in [3.05, 3.63) is 76.5 Å². The molecule has 2 aromatic carbocycles. The molecule has 204 valence electrons. The largest absolute Gasteiger partial charge is 0.493 e. The predicted octanol–water partition coefficient (Wildman–Crippen LogP) is 4.57. The molecule has 2 N–H and O–H groups in total. The molecule has 1 aromatic heterocycles. The summed E-state index contributed by atoms with van der Waals surface area (Å²) in [5.41, 5.74) is 4.09. The van der Waals surface area contributed by atoms with E-state index < -0.39 is 21.7 Å². The van der Waals surface area contributed by atoms with Gasteiger partial charge in [0.2, 0.25) is 0 Å². The molecule has 4 rings (SSSR count). The van der Waals surface area contributed by atoms with E-state index in [1.165, 1.54) is 0 Å². The number of ether oxygens (including phenoxy) is 2. The SMILES string of the molecule is COc1ccc(C#Cc2cccc(-c3nc(C(=O)O)cc4c3[C@H](CCO)N([S@@](=O)C(C)(C)C)C4)c2)cc1OC. The second kappa shape index (κ2) is 11.6. The minimum Gasteiger partial charge on any atom is -0.493 e. The van der Waals surface area contributed by atoms with E-state index in [2.05, 4.69) is 16.8 Å². The minimum absolute atomic E-state index is 0.0864. The van der Waals surface area contributed by atoms with Gasteiger partial charge in [-0.25, -0.2) is 18.3 Å². The number of aromatic nitrogens is 1. The van der Waals surface area contributed by atoms with Crippen molar-refractivity contribution >= 4 is 17.0 Å². The molecule has 2 heterocycles. The van der Waals surface area contributed by atoms with Crippen LogP contribution in [-0.4, -0.2) is 55.3 Å². The summed E-state index contributed by atoms with van der Waals surface area (Å²) in [7, 11) is 1.76. The van der Waals surface area contributed by atoms with Crippen molar-refractivity contribution in [2.45, 2.75) is 44.5 Å². The Morgan fingerprint density at radius 3 is 2.38 bits per heavy atom. The molecule has 2 atom stereocenters. The maximum Gasteiger partial charge on any atom is 0.354 e. The van der Waals surface area contributed by atoms with Crippen LogP contribution in [0, 0.1) is 11.8 Å². The van der Waals surface area contributed by atoms with Crippen LogP contribution in [0.4, 0.5) is 0 Å². The molecular formula is C30H32N2O6S. The van der Waals surface area contributed by atoms with Crippen molar-refractivity contribution < 1.29 is 28.7 Å². The van der Waals surface area contributed by atoms with Crippen LogP contribution in [0.25, 0.3) is 11.3 Å². The third-order valence-corrected chi connectivity index (χ3v) is 8.24. The second-order valence-corrected chi connectivity index (χ2v) is 12.3. The molecule has 0 saturated carbocycles. The highest BCUT2D eigenvalue weighted by molar-refractivity contribution is 7.84. The zero-order valence-electron chi connectivity index (χ0n) is 22.6. The van der Waals surface area contributed by atoms with Crippen molar-refractivity contribution in [3.63, 3.8) is 0 Å². The molecule has 0 bridgehead atoms. The Morgan fingerprint density at radius 2 is 1.77 bits per heavy atom. The molecule has 0 radical (unpaired) electrons. The van der Waals surface area contributed by atoms with Crippen LogP contribution in [-0.2, 0) is 17.5 Å². The molecule has 0 aliphatic carbocycles. The van der Waals surface area contributed by atoms with Crippen molar-refractivity contribution in [3.8, 4) is 34.6 Å². The molecule has 0 unspecified atom stereocenters. The smallest absolute Gasteiger partial charge is 0.354 e. The summed E-state index contributed by atoms with van der Waals surface area (Å²) in [4.78, 5) is 16.5. The lowest BCUT2D eigenvalue weighted by Crippen LogP contribution is -2.36. The number of benzene rings is 2. The van der Waals surface area contributed by atoms with Crippen LogP contribution < -0.4 is 9.47 Å². The monoisotopic (exact) mass is 548 g/mol. The lowest BCUT2D eigenvalue weighted by Gasteiger charge is -2.30. The first-order valence-corrected chi connectivity index (χ1v) is 13.6. The first kappa shape index (κ1) is 28.3. The number of rotatable bonds is 7. The van der Waals surface area contributed by atoms with E-state index in [0.29, 0.717) is 41.3 Å². The average Bonchev–Trinajstić information content (AvgIpc) is 3.28. The van der Waals surface area contributed by atoms with Crippen molar-refractivity contribution in [1.29, 1.82) is 0 Å². The number of carboxylic acids is 1. The van der Waals surface area contributed by atoms with Crippen LogP contribution in [0.1, 0.15) is 66.0 Å². The molecule has 39 heavy (non-hydrogen) atoms. The summed E-state index contributed by atoms with van der Waals surface area (Å²) in [6, 6.07) is 14.0. The van der Waals surface area contributed by atoms with E-state index in [0.717, 1.165) is 16.7 Å². The van der Waals surface area contributed by atoms with E-state index in [-0.39, 0.29) is 18.3 Å². The summed E-state index contributed by atoms with van der Waals surface area (Å²) in [6.07, 6.45) is 0.342. The van der Waals surface area contributed by atoms with E-state index >= 15 is 0 Å². The number of aliphatic hydroxyl groups excluding tert-OH is 1. The molecule has 0 amide bonds. The number of carbonyl (C=O) groups is 1. The van der Waals surface area contributed by atoms with Gasteiger partial charge in [-0.05, 0) is 69.2 Å². The molecule has 0 saturated heterocycles. The van der Waals surface area contributed by atoms with Crippen LogP contribution in [0.3, 0.4) is 0 Å². The Hall–Kier alpha value is -3.71. The standard InChI is InChI=1S/C30H32N2O6S/c1-30(2,3)39(36)32-18-22-17-23(29(34)35)31-28(27(22)24(32)13-14-33)21-8-6-7-19(15-21)9-10-20-11-12-25(37-4)26(16-20)38-5/h6-8,11-12,15-17,24,33H,13-14,18H2,1-5H3,(H,34,35)/t24-,39-/m0/s1. The van der Waals surface area contributed by atoms with Gasteiger partial charge >= 0.3 is 5.97 Å². The number of aromatic carboxylic acids is 1. The Labute approximate surface area is 231 Å². The Morgan fingerprint density at radius 1 is 1.08 bits per heavy atom. The average molecular weight is 549 g/mol. The van der Waals surface area contributed by atoms with Gasteiger partial charge in [0.15, 0.2) is 11.5 Å². The molecule has 8 nitrogen and oxygen atoms in total. The van der Waals surface area contributed by atoms with Gasteiger partial charge in [-0.2, -0.15) is 0 Å². The number of nitrogens with zero attached hydrogens (tertiary/aromatic N) is 2. The summed E-state index contributed by atoms with van der Waals surface area (Å²) in [5, 5.41) is 19.7. The van der Waals surface area contributed by atoms with E-state index in [1.807, 2.05) is 55.4 Å². The fourth-order valence-electron chi connectivity index (χ4n) is 4.60. The Bertz CT molecular complexity index is 1480. The van der Waals surface area contributed by atoms with Gasteiger partial charge < -0.3 is 19.7 Å². The lowest BCUT2D eigenvalue weighted by atomic mass is 9.95. The molecule has 1 aliphatic rings. The summed E-state index contributed by atoms with van der Waals surface area (Å²) in [5.74, 6) is 6.34. The van der Waals surface area contributed by atoms with Gasteiger partial charge in [-0.1, -0.05) is 24.0 Å². The molecule has 0 fully saturated rings. The van der Waals surface area contributed by atoms with Gasteiger partial charge in [0.05, 0.1) is 30.7 Å². The lowest BCUT2D eigenvalue weighted by molar-refractivity contribution is 0.0690. The maximum absolute atomic E-state index is 13.4. The minimum atomic E-state index is -1.38. The summed E-state index contributed by atoms with van der Waals surface area (Å²) < 4.78 is 25.4. The zero-order valence-corrected chi connectivity index (χ0v) is 23.5. The van der Waals surface area contributed by atoms with E-state index in [9.17, 15) is 19.2 Å². The van der Waals surface area contributed by atoms with Crippen molar-refractivity contribution in [2.24, 2.45) is 0 Å². The van der Waals surface area contributed by atoms with Crippen LogP contribution in [0.5, 0.6) is 11.5 Å².